The summed E-state index contributed by atoms with van der Waals surface area (Å²) in [5.41, 5.74) is 7.37. The lowest BCUT2D eigenvalue weighted by Gasteiger charge is -2.16. The molecular formula is C17H14F3N3. The standard InChI is InChI=1S/C17H14F3N3/c1-10-6-15(16(21)17(18,19)20)23-9-14(10)12-3-2-11-4-5-22-8-13(11)7-12/h2-9,16H,21H2,1H3/t16-/m1/s1. The zero-order valence-electron chi connectivity index (χ0n) is 12.3. The molecule has 0 unspecified atom stereocenters. The smallest absolute Gasteiger partial charge is 0.315 e. The molecule has 0 saturated carbocycles. The minimum Gasteiger partial charge on any atom is -0.315 e. The number of rotatable bonds is 2. The Labute approximate surface area is 131 Å². The monoisotopic (exact) mass is 317 g/mol. The summed E-state index contributed by atoms with van der Waals surface area (Å²) in [6, 6.07) is 7.01. The van der Waals surface area contributed by atoms with E-state index in [-0.39, 0.29) is 5.69 Å². The molecule has 6 heteroatoms. The quantitative estimate of drug-likeness (QED) is 0.772. The Kier molecular flexibility index (Phi) is 3.77. The first-order valence-electron chi connectivity index (χ1n) is 6.99. The third-order valence-electron chi connectivity index (χ3n) is 3.75. The van der Waals surface area contributed by atoms with Gasteiger partial charge in [-0.15, -0.1) is 0 Å². The highest BCUT2D eigenvalue weighted by Crippen LogP contribution is 2.32. The van der Waals surface area contributed by atoms with E-state index < -0.39 is 12.2 Å². The number of aromatic nitrogens is 2. The minimum absolute atomic E-state index is 0.179. The predicted octanol–water partition coefficient (Wildman–Crippen LogP) is 4.17. The van der Waals surface area contributed by atoms with E-state index in [9.17, 15) is 13.2 Å². The SMILES string of the molecule is Cc1cc([C@@H](N)C(F)(F)F)ncc1-c1ccc2ccncc2c1. The van der Waals surface area contributed by atoms with Crippen molar-refractivity contribution < 1.29 is 13.2 Å². The summed E-state index contributed by atoms with van der Waals surface area (Å²) in [6.45, 7) is 1.75. The van der Waals surface area contributed by atoms with Gasteiger partial charge in [0.1, 0.15) is 6.04 Å². The van der Waals surface area contributed by atoms with Crippen LogP contribution in [0.4, 0.5) is 13.2 Å². The lowest BCUT2D eigenvalue weighted by atomic mass is 9.99. The van der Waals surface area contributed by atoms with Crippen molar-refractivity contribution in [3.05, 3.63) is 60.2 Å². The third kappa shape index (κ3) is 3.03. The van der Waals surface area contributed by atoms with E-state index in [4.69, 9.17) is 5.73 Å². The average Bonchev–Trinajstić information content (AvgIpc) is 2.52. The van der Waals surface area contributed by atoms with Crippen LogP contribution in [0, 0.1) is 6.92 Å². The fraction of sp³-hybridized carbons (Fsp3) is 0.176. The van der Waals surface area contributed by atoms with Crippen LogP contribution in [-0.2, 0) is 0 Å². The number of aryl methyl sites for hydroxylation is 1. The van der Waals surface area contributed by atoms with E-state index in [1.54, 1.807) is 19.3 Å². The Morgan fingerprint density at radius 1 is 1.04 bits per heavy atom. The molecule has 23 heavy (non-hydrogen) atoms. The molecule has 0 spiro atoms. The van der Waals surface area contributed by atoms with Gasteiger partial charge in [0.25, 0.3) is 0 Å². The van der Waals surface area contributed by atoms with Gasteiger partial charge in [-0.2, -0.15) is 13.2 Å². The Morgan fingerprint density at radius 3 is 2.52 bits per heavy atom. The molecule has 3 rings (SSSR count). The van der Waals surface area contributed by atoms with Crippen LogP contribution in [-0.4, -0.2) is 16.1 Å². The van der Waals surface area contributed by atoms with Crippen molar-refractivity contribution in [1.82, 2.24) is 9.97 Å². The first kappa shape index (κ1) is 15.4. The minimum atomic E-state index is -4.50. The topological polar surface area (TPSA) is 51.8 Å². The van der Waals surface area contributed by atoms with Crippen molar-refractivity contribution in [1.29, 1.82) is 0 Å². The van der Waals surface area contributed by atoms with Crippen LogP contribution < -0.4 is 5.73 Å². The number of pyridine rings is 2. The molecule has 0 aliphatic heterocycles. The fourth-order valence-corrected chi connectivity index (χ4v) is 2.47. The van der Waals surface area contributed by atoms with Crippen LogP contribution in [0.1, 0.15) is 17.3 Å². The number of alkyl halides is 3. The summed E-state index contributed by atoms with van der Waals surface area (Å²) in [5.74, 6) is 0. The van der Waals surface area contributed by atoms with E-state index in [0.29, 0.717) is 5.56 Å². The largest absolute Gasteiger partial charge is 0.409 e. The zero-order chi connectivity index (χ0) is 16.6. The number of benzene rings is 1. The van der Waals surface area contributed by atoms with Gasteiger partial charge in [0.15, 0.2) is 0 Å². The van der Waals surface area contributed by atoms with Gasteiger partial charge in [0.2, 0.25) is 0 Å². The molecule has 0 saturated heterocycles. The summed E-state index contributed by atoms with van der Waals surface area (Å²) >= 11 is 0. The number of fused-ring (bicyclic) bond motifs is 1. The summed E-state index contributed by atoms with van der Waals surface area (Å²) < 4.78 is 38.1. The van der Waals surface area contributed by atoms with Gasteiger partial charge < -0.3 is 5.73 Å². The van der Waals surface area contributed by atoms with Gasteiger partial charge >= 0.3 is 6.18 Å². The maximum absolute atomic E-state index is 12.7. The molecule has 1 atom stereocenters. The average molecular weight is 317 g/mol. The molecule has 0 fully saturated rings. The third-order valence-corrected chi connectivity index (χ3v) is 3.75. The molecule has 2 heterocycles. The van der Waals surface area contributed by atoms with Gasteiger partial charge in [-0.1, -0.05) is 12.1 Å². The number of hydrogen-bond donors (Lipinski definition) is 1. The summed E-state index contributed by atoms with van der Waals surface area (Å²) in [7, 11) is 0. The highest BCUT2D eigenvalue weighted by molar-refractivity contribution is 5.86. The lowest BCUT2D eigenvalue weighted by Crippen LogP contribution is -2.29. The highest BCUT2D eigenvalue weighted by atomic mass is 19.4. The second kappa shape index (κ2) is 5.62. The molecule has 0 aliphatic carbocycles. The van der Waals surface area contributed by atoms with Gasteiger partial charge in [0.05, 0.1) is 5.69 Å². The highest BCUT2D eigenvalue weighted by Gasteiger charge is 2.38. The summed E-state index contributed by atoms with van der Waals surface area (Å²) in [4.78, 5) is 7.98. The van der Waals surface area contributed by atoms with Crippen molar-refractivity contribution in [3.8, 4) is 11.1 Å². The fourth-order valence-electron chi connectivity index (χ4n) is 2.47. The van der Waals surface area contributed by atoms with Gasteiger partial charge in [-0.05, 0) is 41.6 Å². The van der Waals surface area contributed by atoms with Crippen LogP contribution in [0.2, 0.25) is 0 Å². The van der Waals surface area contributed by atoms with Crippen molar-refractivity contribution in [2.45, 2.75) is 19.1 Å². The maximum atomic E-state index is 12.7. The molecule has 0 bridgehead atoms. The molecule has 0 aliphatic rings. The molecule has 0 amide bonds. The van der Waals surface area contributed by atoms with E-state index in [1.807, 2.05) is 24.3 Å². The number of halogens is 3. The van der Waals surface area contributed by atoms with Gasteiger partial charge in [-0.25, -0.2) is 0 Å². The number of nitrogens with zero attached hydrogens (tertiary/aromatic N) is 2. The van der Waals surface area contributed by atoms with Crippen molar-refractivity contribution >= 4 is 10.8 Å². The van der Waals surface area contributed by atoms with Gasteiger partial charge in [-0.3, -0.25) is 9.97 Å². The molecule has 118 valence electrons. The van der Waals surface area contributed by atoms with Crippen LogP contribution in [0.15, 0.2) is 48.9 Å². The van der Waals surface area contributed by atoms with E-state index in [1.165, 1.54) is 12.3 Å². The van der Waals surface area contributed by atoms with E-state index >= 15 is 0 Å². The van der Waals surface area contributed by atoms with Crippen molar-refractivity contribution in [3.63, 3.8) is 0 Å². The second-order valence-electron chi connectivity index (χ2n) is 5.38. The molecular weight excluding hydrogens is 303 g/mol. The first-order chi connectivity index (χ1) is 10.9. The van der Waals surface area contributed by atoms with Gasteiger partial charge in [0, 0.05) is 29.5 Å². The molecule has 1 aromatic carbocycles. The van der Waals surface area contributed by atoms with Crippen LogP contribution in [0.5, 0.6) is 0 Å². The molecule has 3 aromatic rings. The first-order valence-corrected chi connectivity index (χ1v) is 6.99. The second-order valence-corrected chi connectivity index (χ2v) is 5.38. The molecule has 2 N–H and O–H groups in total. The van der Waals surface area contributed by atoms with Crippen molar-refractivity contribution in [2.75, 3.05) is 0 Å². The normalized spacial score (nSPS) is 13.3. The number of hydrogen-bond acceptors (Lipinski definition) is 3. The Bertz CT molecular complexity index is 859. The molecule has 3 nitrogen and oxygen atoms in total. The Balaban J connectivity index is 2.02. The Morgan fingerprint density at radius 2 is 1.83 bits per heavy atom. The van der Waals surface area contributed by atoms with E-state index in [2.05, 4.69) is 9.97 Å². The lowest BCUT2D eigenvalue weighted by molar-refractivity contribution is -0.150. The maximum Gasteiger partial charge on any atom is 0.409 e. The van der Waals surface area contributed by atoms with Crippen LogP contribution in [0.25, 0.3) is 21.9 Å². The van der Waals surface area contributed by atoms with Crippen LogP contribution in [0.3, 0.4) is 0 Å². The van der Waals surface area contributed by atoms with Crippen LogP contribution >= 0.6 is 0 Å². The molecule has 2 aromatic heterocycles. The predicted molar refractivity (Wildman–Crippen MR) is 82.7 cm³/mol. The van der Waals surface area contributed by atoms with E-state index in [0.717, 1.165) is 21.9 Å². The van der Waals surface area contributed by atoms with Crippen molar-refractivity contribution in [2.24, 2.45) is 5.73 Å². The summed E-state index contributed by atoms with van der Waals surface area (Å²) in [6.07, 6.45) is 0.390. The zero-order valence-corrected chi connectivity index (χ0v) is 12.3. The molecule has 0 radical (unpaired) electrons. The number of nitrogens with two attached hydrogens (primary N) is 1. The Hall–Kier alpha value is -2.47. The summed E-state index contributed by atoms with van der Waals surface area (Å²) in [5, 5.41) is 2.01.